The summed E-state index contributed by atoms with van der Waals surface area (Å²) in [5.41, 5.74) is 2.23. The summed E-state index contributed by atoms with van der Waals surface area (Å²) in [4.78, 5) is 2.41. The molecule has 5 heteroatoms. The van der Waals surface area contributed by atoms with E-state index in [1.807, 2.05) is 19.1 Å². The van der Waals surface area contributed by atoms with Crippen molar-refractivity contribution in [3.8, 4) is 5.75 Å². The van der Waals surface area contributed by atoms with Crippen molar-refractivity contribution < 1.29 is 13.5 Å². The quantitative estimate of drug-likeness (QED) is 0.816. The fourth-order valence-electron chi connectivity index (χ4n) is 2.65. The minimum Gasteiger partial charge on any atom is -0.435 e. The highest BCUT2D eigenvalue weighted by molar-refractivity contribution is 5.30. The third-order valence-electron chi connectivity index (χ3n) is 3.62. The van der Waals surface area contributed by atoms with Crippen LogP contribution in [0.2, 0.25) is 0 Å². The molecule has 0 aromatic heterocycles. The fraction of sp³-hybridized carbons (Fsp3) is 0.500. The Bertz CT molecular complexity index is 456. The first kappa shape index (κ1) is 15.9. The number of nitrogens with one attached hydrogen (secondary N) is 1. The Kier molecular flexibility index (Phi) is 5.70. The lowest BCUT2D eigenvalue weighted by Gasteiger charge is -2.35. The highest BCUT2D eigenvalue weighted by Crippen LogP contribution is 2.29. The molecule has 3 nitrogen and oxygen atoms in total. The van der Waals surface area contributed by atoms with E-state index in [4.69, 9.17) is 0 Å². The number of hydrogen-bond acceptors (Lipinski definition) is 3. The number of rotatable bonds is 6. The molecule has 1 aromatic rings. The molecule has 21 heavy (non-hydrogen) atoms. The summed E-state index contributed by atoms with van der Waals surface area (Å²) < 4.78 is 28.8. The van der Waals surface area contributed by atoms with Gasteiger partial charge in [-0.3, -0.25) is 4.90 Å². The van der Waals surface area contributed by atoms with Crippen molar-refractivity contribution in [1.29, 1.82) is 0 Å². The summed E-state index contributed by atoms with van der Waals surface area (Å²) in [5.74, 6) is 0.197. The highest BCUT2D eigenvalue weighted by atomic mass is 19.3. The van der Waals surface area contributed by atoms with Gasteiger partial charge in [-0.1, -0.05) is 17.7 Å². The van der Waals surface area contributed by atoms with Gasteiger partial charge in [0.25, 0.3) is 0 Å². The lowest BCUT2D eigenvalue weighted by Crippen LogP contribution is -2.45. The predicted octanol–water partition coefficient (Wildman–Crippen LogP) is 3.20. The van der Waals surface area contributed by atoms with Crippen molar-refractivity contribution >= 4 is 0 Å². The van der Waals surface area contributed by atoms with Gasteiger partial charge < -0.3 is 10.1 Å². The van der Waals surface area contributed by atoms with Gasteiger partial charge in [0.1, 0.15) is 5.75 Å². The van der Waals surface area contributed by atoms with E-state index in [0.717, 1.165) is 43.7 Å². The van der Waals surface area contributed by atoms with E-state index in [2.05, 4.69) is 21.5 Å². The van der Waals surface area contributed by atoms with Crippen LogP contribution in [0, 0.1) is 0 Å². The molecule has 0 bridgehead atoms. The van der Waals surface area contributed by atoms with Crippen molar-refractivity contribution in [3.63, 3.8) is 0 Å². The van der Waals surface area contributed by atoms with E-state index in [1.54, 1.807) is 12.1 Å². The summed E-state index contributed by atoms with van der Waals surface area (Å²) in [7, 11) is 0. The number of nitrogens with zero attached hydrogens (tertiary/aromatic N) is 1. The van der Waals surface area contributed by atoms with Crippen LogP contribution in [0.25, 0.3) is 0 Å². The van der Waals surface area contributed by atoms with Crippen LogP contribution in [-0.4, -0.2) is 37.7 Å². The maximum Gasteiger partial charge on any atom is 0.387 e. The molecule has 0 aliphatic carbocycles. The van der Waals surface area contributed by atoms with E-state index >= 15 is 0 Å². The Morgan fingerprint density at radius 2 is 1.90 bits per heavy atom. The Hall–Kier alpha value is -1.46. The number of ether oxygens (including phenoxy) is 1. The van der Waals surface area contributed by atoms with Crippen LogP contribution in [0.3, 0.4) is 0 Å². The molecule has 1 aliphatic heterocycles. The van der Waals surface area contributed by atoms with Gasteiger partial charge in [0, 0.05) is 32.2 Å². The van der Waals surface area contributed by atoms with E-state index in [-0.39, 0.29) is 11.8 Å². The number of alkyl halides is 2. The van der Waals surface area contributed by atoms with Gasteiger partial charge in [-0.2, -0.15) is 8.78 Å². The van der Waals surface area contributed by atoms with Crippen LogP contribution in [0.5, 0.6) is 5.75 Å². The molecule has 2 rings (SSSR count). The molecule has 1 heterocycles. The Morgan fingerprint density at radius 3 is 2.43 bits per heavy atom. The smallest absolute Gasteiger partial charge is 0.387 e. The predicted molar refractivity (Wildman–Crippen MR) is 79.7 cm³/mol. The molecule has 1 N–H and O–H groups in total. The Labute approximate surface area is 124 Å². The van der Waals surface area contributed by atoms with Crippen LogP contribution in [-0.2, 0) is 0 Å². The third kappa shape index (κ3) is 4.79. The van der Waals surface area contributed by atoms with Crippen LogP contribution < -0.4 is 10.1 Å². The first-order chi connectivity index (χ1) is 10.1. The second-order valence-corrected chi connectivity index (χ2v) is 5.41. The van der Waals surface area contributed by atoms with Crippen molar-refractivity contribution in [2.45, 2.75) is 26.0 Å². The minimum absolute atomic E-state index is 0.197. The number of halogens is 2. The van der Waals surface area contributed by atoms with Gasteiger partial charge in [-0.25, -0.2) is 0 Å². The van der Waals surface area contributed by atoms with E-state index in [0.29, 0.717) is 0 Å². The molecule has 116 valence electrons. The summed E-state index contributed by atoms with van der Waals surface area (Å²) in [5, 5.41) is 3.34. The van der Waals surface area contributed by atoms with Gasteiger partial charge in [0.15, 0.2) is 0 Å². The van der Waals surface area contributed by atoms with Crippen molar-refractivity contribution in [2.75, 3.05) is 26.2 Å². The number of hydrogen-bond donors (Lipinski definition) is 1. The summed E-state index contributed by atoms with van der Waals surface area (Å²) in [6, 6.07) is 7.19. The summed E-state index contributed by atoms with van der Waals surface area (Å²) in [6.07, 6.45) is 0.870. The van der Waals surface area contributed by atoms with Crippen molar-refractivity contribution in [2.24, 2.45) is 0 Å². The third-order valence-corrected chi connectivity index (χ3v) is 3.62. The van der Waals surface area contributed by atoms with Crippen LogP contribution in [0.4, 0.5) is 8.78 Å². The minimum atomic E-state index is -2.78. The average Bonchev–Trinajstić information content (AvgIpc) is 2.46. The van der Waals surface area contributed by atoms with Crippen LogP contribution >= 0.6 is 0 Å². The first-order valence-corrected chi connectivity index (χ1v) is 7.20. The van der Waals surface area contributed by atoms with E-state index in [1.165, 1.54) is 0 Å². The molecular weight excluding hydrogens is 274 g/mol. The average molecular weight is 296 g/mol. The maximum atomic E-state index is 12.2. The van der Waals surface area contributed by atoms with Crippen molar-refractivity contribution in [3.05, 3.63) is 42.0 Å². The molecular formula is C16H22F2N2O. The standard InChI is InChI=1S/C16H22F2N2O/c1-12(2)11-15(20-9-7-19-8-10-20)13-3-5-14(6-4-13)21-16(17)18/h3-6,15-16,19H,1,7-11H2,2H3/t15-/m0/s1. The van der Waals surface area contributed by atoms with Gasteiger partial charge in [0.2, 0.25) is 0 Å². The lowest BCUT2D eigenvalue weighted by atomic mass is 9.98. The largest absolute Gasteiger partial charge is 0.435 e. The van der Waals surface area contributed by atoms with Gasteiger partial charge in [-0.15, -0.1) is 6.58 Å². The second kappa shape index (κ2) is 7.52. The fourth-order valence-corrected chi connectivity index (χ4v) is 2.65. The van der Waals surface area contributed by atoms with Crippen LogP contribution in [0.1, 0.15) is 24.9 Å². The normalized spacial score (nSPS) is 17.7. The monoisotopic (exact) mass is 296 g/mol. The molecule has 1 saturated heterocycles. The molecule has 0 saturated carbocycles. The number of benzene rings is 1. The van der Waals surface area contributed by atoms with Gasteiger partial charge >= 0.3 is 6.61 Å². The van der Waals surface area contributed by atoms with Crippen molar-refractivity contribution in [1.82, 2.24) is 10.2 Å². The zero-order valence-corrected chi connectivity index (χ0v) is 12.3. The Balaban J connectivity index is 2.13. The molecule has 1 atom stereocenters. The summed E-state index contributed by atoms with van der Waals surface area (Å²) in [6.45, 7) is 7.14. The SMILES string of the molecule is C=C(C)C[C@@H](c1ccc(OC(F)F)cc1)N1CCNCC1. The van der Waals surface area contributed by atoms with E-state index < -0.39 is 6.61 Å². The lowest BCUT2D eigenvalue weighted by molar-refractivity contribution is -0.0498. The number of piperazine rings is 1. The highest BCUT2D eigenvalue weighted by Gasteiger charge is 2.22. The summed E-state index contributed by atoms with van der Waals surface area (Å²) >= 11 is 0. The van der Waals surface area contributed by atoms with Gasteiger partial charge in [-0.05, 0) is 31.0 Å². The topological polar surface area (TPSA) is 24.5 Å². The second-order valence-electron chi connectivity index (χ2n) is 5.41. The molecule has 1 fully saturated rings. The molecule has 1 aliphatic rings. The van der Waals surface area contributed by atoms with Crippen LogP contribution in [0.15, 0.2) is 36.4 Å². The Morgan fingerprint density at radius 1 is 1.29 bits per heavy atom. The van der Waals surface area contributed by atoms with E-state index in [9.17, 15) is 8.78 Å². The molecule has 1 aromatic carbocycles. The molecule has 0 spiro atoms. The maximum absolute atomic E-state index is 12.2. The molecule has 0 amide bonds. The van der Waals surface area contributed by atoms with Gasteiger partial charge in [0.05, 0.1) is 0 Å². The molecule has 0 radical (unpaired) electrons. The molecule has 0 unspecified atom stereocenters. The zero-order valence-electron chi connectivity index (χ0n) is 12.3. The zero-order chi connectivity index (χ0) is 15.2. The first-order valence-electron chi connectivity index (χ1n) is 7.20.